The van der Waals surface area contributed by atoms with Gasteiger partial charge in [-0.2, -0.15) is 13.2 Å². The number of ketones is 1. The summed E-state index contributed by atoms with van der Waals surface area (Å²) in [7, 11) is 0. The fourth-order valence-electron chi connectivity index (χ4n) is 1.13. The first-order valence-electron chi connectivity index (χ1n) is 4.38. The molecule has 1 aromatic rings. The Bertz CT molecular complexity index is 439. The molecule has 0 atom stereocenters. The van der Waals surface area contributed by atoms with Crippen molar-refractivity contribution in [1.29, 1.82) is 0 Å². The Hall–Kier alpha value is -0.780. The number of rotatable bonds is 2. The predicted molar refractivity (Wildman–Crippen MR) is 49.6 cm³/mol. The summed E-state index contributed by atoms with van der Waals surface area (Å²) in [5.41, 5.74) is 0.624. The second kappa shape index (κ2) is 6.23. The van der Waals surface area contributed by atoms with Gasteiger partial charge in [-0.3, -0.25) is 4.79 Å². The van der Waals surface area contributed by atoms with Gasteiger partial charge in [-0.25, -0.2) is 0 Å². The molecule has 0 fully saturated rings. The van der Waals surface area contributed by atoms with Gasteiger partial charge >= 0.3 is 35.7 Å². The van der Waals surface area contributed by atoms with E-state index in [0.29, 0.717) is 5.56 Å². The van der Waals surface area contributed by atoms with Gasteiger partial charge in [0.1, 0.15) is 0 Å². The maximum absolute atomic E-state index is 11.9. The van der Waals surface area contributed by atoms with Crippen LogP contribution >= 0.6 is 0 Å². The molecule has 0 unspecified atom stereocenters. The summed E-state index contributed by atoms with van der Waals surface area (Å²) in [6.07, 6.45) is -4.93. The van der Waals surface area contributed by atoms with Crippen molar-refractivity contribution in [1.82, 2.24) is 0 Å². The maximum atomic E-state index is 11.9. The molecule has 0 N–H and O–H groups in total. The summed E-state index contributed by atoms with van der Waals surface area (Å²) in [5, 5.41) is 10.6. The predicted octanol–water partition coefficient (Wildman–Crippen LogP) is -1.01. The van der Waals surface area contributed by atoms with E-state index in [9.17, 15) is 23.1 Å². The van der Waals surface area contributed by atoms with E-state index in [4.69, 9.17) is 0 Å². The van der Waals surface area contributed by atoms with Crippen LogP contribution in [0, 0.1) is 6.92 Å². The monoisotopic (exact) mass is 252 g/mol. The largest absolute Gasteiger partial charge is 1.00 e. The number of carbonyl (C=O) groups is 1. The molecule has 0 saturated carbocycles. The Morgan fingerprint density at radius 3 is 2.29 bits per heavy atom. The molecular weight excluding hydrogens is 244 g/mol. The minimum absolute atomic E-state index is 0. The SMILES string of the molecule is Cc1ccccc1C(=O)C=C([O-])C(F)(F)F.[Na+]. The maximum Gasteiger partial charge on any atom is 1.00 e. The zero-order chi connectivity index (χ0) is 12.3. The number of allylic oxidation sites excluding steroid dienone is 2. The van der Waals surface area contributed by atoms with Crippen molar-refractivity contribution in [2.75, 3.05) is 0 Å². The second-order valence-corrected chi connectivity index (χ2v) is 3.19. The Morgan fingerprint density at radius 2 is 1.82 bits per heavy atom. The molecular formula is C11H8F3NaO2. The van der Waals surface area contributed by atoms with Crippen LogP contribution in [0.4, 0.5) is 13.2 Å². The number of hydrogen-bond acceptors (Lipinski definition) is 2. The van der Waals surface area contributed by atoms with Gasteiger partial charge in [0.2, 0.25) is 0 Å². The first-order chi connectivity index (χ1) is 7.32. The van der Waals surface area contributed by atoms with Gasteiger partial charge in [0.15, 0.2) is 5.78 Å². The second-order valence-electron chi connectivity index (χ2n) is 3.19. The summed E-state index contributed by atoms with van der Waals surface area (Å²) in [6.45, 7) is 1.58. The molecule has 0 aliphatic heterocycles. The van der Waals surface area contributed by atoms with E-state index >= 15 is 0 Å². The number of halogens is 3. The van der Waals surface area contributed by atoms with Gasteiger partial charge < -0.3 is 5.11 Å². The van der Waals surface area contributed by atoms with Gasteiger partial charge in [-0.1, -0.05) is 24.3 Å². The normalized spacial score (nSPS) is 11.9. The first-order valence-corrected chi connectivity index (χ1v) is 4.38. The average Bonchev–Trinajstić information content (AvgIpc) is 2.16. The van der Waals surface area contributed by atoms with E-state index < -0.39 is 17.7 Å². The zero-order valence-electron chi connectivity index (χ0n) is 9.34. The zero-order valence-corrected chi connectivity index (χ0v) is 11.3. The smallest absolute Gasteiger partial charge is 0.869 e. The summed E-state index contributed by atoms with van der Waals surface area (Å²) in [5.74, 6) is -3.07. The number of alkyl halides is 3. The summed E-state index contributed by atoms with van der Waals surface area (Å²) >= 11 is 0. The molecule has 0 heterocycles. The quantitative estimate of drug-likeness (QED) is 0.293. The fraction of sp³-hybridized carbons (Fsp3) is 0.182. The number of hydrogen-bond donors (Lipinski definition) is 0. The Morgan fingerprint density at radius 1 is 1.29 bits per heavy atom. The standard InChI is InChI=1S/C11H9F3O2.Na/c1-7-4-2-3-5-8(7)9(15)6-10(16)11(12,13)14;/h2-6,16H,1H3;/q;+1/p-1. The first kappa shape index (κ1) is 16.2. The average molecular weight is 252 g/mol. The third-order valence-electron chi connectivity index (χ3n) is 1.95. The van der Waals surface area contributed by atoms with E-state index in [1.165, 1.54) is 12.1 Å². The number of aryl methyl sites for hydroxylation is 1. The van der Waals surface area contributed by atoms with Gasteiger partial charge in [0, 0.05) is 5.56 Å². The van der Waals surface area contributed by atoms with Crippen LogP contribution < -0.4 is 34.7 Å². The van der Waals surface area contributed by atoms with Gasteiger partial charge in [-0.15, -0.1) is 0 Å². The molecule has 0 amide bonds. The Balaban J connectivity index is 0.00000256. The van der Waals surface area contributed by atoms with Crippen molar-refractivity contribution in [2.45, 2.75) is 13.1 Å². The van der Waals surface area contributed by atoms with Crippen LogP contribution in [-0.2, 0) is 0 Å². The molecule has 0 aliphatic carbocycles. The van der Waals surface area contributed by atoms with Gasteiger partial charge in [0.05, 0.1) is 0 Å². The van der Waals surface area contributed by atoms with E-state index in [1.54, 1.807) is 19.1 Å². The van der Waals surface area contributed by atoms with Gasteiger partial charge in [0.25, 0.3) is 0 Å². The van der Waals surface area contributed by atoms with E-state index in [1.807, 2.05) is 0 Å². The topological polar surface area (TPSA) is 40.1 Å². The van der Waals surface area contributed by atoms with E-state index in [2.05, 4.69) is 0 Å². The van der Waals surface area contributed by atoms with Crippen molar-refractivity contribution in [3.8, 4) is 0 Å². The molecule has 0 bridgehead atoms. The van der Waals surface area contributed by atoms with Crippen molar-refractivity contribution in [3.05, 3.63) is 47.2 Å². The van der Waals surface area contributed by atoms with Crippen molar-refractivity contribution in [3.63, 3.8) is 0 Å². The molecule has 86 valence electrons. The minimum atomic E-state index is -5.00. The Labute approximate surface area is 118 Å². The minimum Gasteiger partial charge on any atom is -0.869 e. The molecule has 0 aliphatic rings. The van der Waals surface area contributed by atoms with Crippen LogP contribution in [0.2, 0.25) is 0 Å². The molecule has 0 radical (unpaired) electrons. The molecule has 17 heavy (non-hydrogen) atoms. The van der Waals surface area contributed by atoms with Gasteiger partial charge in [-0.05, 0) is 24.3 Å². The van der Waals surface area contributed by atoms with Crippen LogP contribution in [0.1, 0.15) is 15.9 Å². The van der Waals surface area contributed by atoms with Crippen LogP contribution in [0.25, 0.3) is 0 Å². The molecule has 0 aromatic heterocycles. The summed E-state index contributed by atoms with van der Waals surface area (Å²) in [4.78, 5) is 11.3. The number of carbonyl (C=O) groups excluding carboxylic acids is 1. The van der Waals surface area contributed by atoms with Crippen molar-refractivity contribution >= 4 is 5.78 Å². The van der Waals surface area contributed by atoms with E-state index in [0.717, 1.165) is 0 Å². The molecule has 1 aromatic carbocycles. The summed E-state index contributed by atoms with van der Waals surface area (Å²) < 4.78 is 35.7. The molecule has 0 saturated heterocycles. The van der Waals surface area contributed by atoms with E-state index in [-0.39, 0.29) is 41.2 Å². The molecule has 0 spiro atoms. The molecule has 2 nitrogen and oxygen atoms in total. The third kappa shape index (κ3) is 4.53. The van der Waals surface area contributed by atoms with Crippen molar-refractivity contribution < 1.29 is 52.6 Å². The van der Waals surface area contributed by atoms with Crippen LogP contribution in [-0.4, -0.2) is 12.0 Å². The van der Waals surface area contributed by atoms with Crippen LogP contribution in [0.3, 0.4) is 0 Å². The number of benzene rings is 1. The molecule has 6 heteroatoms. The molecule has 1 rings (SSSR count). The Kier molecular flexibility index (Phi) is 5.95. The van der Waals surface area contributed by atoms with Crippen LogP contribution in [0.15, 0.2) is 36.1 Å². The summed E-state index contributed by atoms with van der Waals surface area (Å²) in [6, 6.07) is 6.13. The third-order valence-corrected chi connectivity index (χ3v) is 1.95. The fourth-order valence-corrected chi connectivity index (χ4v) is 1.13. The van der Waals surface area contributed by atoms with Crippen LogP contribution in [0.5, 0.6) is 0 Å². The van der Waals surface area contributed by atoms with Crippen molar-refractivity contribution in [2.24, 2.45) is 0 Å².